The molecule has 0 spiro atoms. The van der Waals surface area contributed by atoms with Crippen LogP contribution in [0, 0.1) is 0 Å². The van der Waals surface area contributed by atoms with Crippen molar-refractivity contribution in [2.45, 2.75) is 30.8 Å². The van der Waals surface area contributed by atoms with Crippen molar-refractivity contribution in [1.82, 2.24) is 15.3 Å². The van der Waals surface area contributed by atoms with Crippen LogP contribution in [-0.4, -0.2) is 28.5 Å². The van der Waals surface area contributed by atoms with Crippen LogP contribution in [0.5, 0.6) is 5.88 Å². The van der Waals surface area contributed by atoms with Gasteiger partial charge < -0.3 is 15.4 Å². The minimum absolute atomic E-state index is 0.0931. The second-order valence-electron chi connectivity index (χ2n) is 5.23. The summed E-state index contributed by atoms with van der Waals surface area (Å²) in [6.07, 6.45) is 0.701. The van der Waals surface area contributed by atoms with E-state index in [1.807, 2.05) is 13.8 Å². The first-order chi connectivity index (χ1) is 9.39. The number of carbonyl (C=O) groups is 1. The number of thioether (sulfide) groups is 1. The Kier molecular flexibility index (Phi) is 3.06. The Morgan fingerprint density at radius 3 is 2.85 bits per heavy atom. The highest BCUT2D eigenvalue weighted by atomic mass is 35.5. The van der Waals surface area contributed by atoms with Gasteiger partial charge in [-0.25, -0.2) is 4.98 Å². The fourth-order valence-corrected chi connectivity index (χ4v) is 3.42. The van der Waals surface area contributed by atoms with E-state index in [4.69, 9.17) is 16.3 Å². The van der Waals surface area contributed by atoms with Gasteiger partial charge in [-0.15, -0.1) is 0 Å². The summed E-state index contributed by atoms with van der Waals surface area (Å²) in [5.74, 6) is 0.274. The smallest absolute Gasteiger partial charge is 0.260 e. The van der Waals surface area contributed by atoms with Crippen molar-refractivity contribution < 1.29 is 9.53 Å². The Hall–Kier alpha value is -1.47. The van der Waals surface area contributed by atoms with E-state index in [1.165, 1.54) is 18.9 Å². The first kappa shape index (κ1) is 13.5. The van der Waals surface area contributed by atoms with E-state index in [0.29, 0.717) is 27.9 Å². The molecular weight excluding hydrogens is 300 g/mol. The summed E-state index contributed by atoms with van der Waals surface area (Å²) in [6, 6.07) is 0. The zero-order chi connectivity index (χ0) is 14.5. The third-order valence-electron chi connectivity index (χ3n) is 3.03. The largest absolute Gasteiger partial charge is 0.479 e. The van der Waals surface area contributed by atoms with Crippen molar-refractivity contribution in [2.75, 3.05) is 12.4 Å². The highest BCUT2D eigenvalue weighted by molar-refractivity contribution is 8.04. The molecule has 1 aromatic heterocycles. The summed E-state index contributed by atoms with van der Waals surface area (Å²) >= 11 is 7.14. The number of nitrogens with zero attached hydrogens (tertiary/aromatic N) is 2. The van der Waals surface area contributed by atoms with Crippen LogP contribution in [-0.2, 0) is 4.79 Å². The Morgan fingerprint density at radius 2 is 2.15 bits per heavy atom. The van der Waals surface area contributed by atoms with E-state index in [0.717, 1.165) is 5.70 Å². The van der Waals surface area contributed by atoms with E-state index in [1.54, 1.807) is 0 Å². The molecule has 0 saturated heterocycles. The average molecular weight is 313 g/mol. The van der Waals surface area contributed by atoms with Gasteiger partial charge in [0.2, 0.25) is 11.2 Å². The molecule has 0 saturated carbocycles. The number of nitrogens with one attached hydrogen (secondary N) is 2. The van der Waals surface area contributed by atoms with Crippen LogP contribution in [0.3, 0.4) is 0 Å². The standard InChI is InChI=1S/C12H13ClN4O2S/c1-12(2)4-5-7(8(18)17-12)20-10-6(14-5)9(19-3)15-11(13)16-10/h14H,4H2,1-3H3,(H,17,18). The van der Waals surface area contributed by atoms with Gasteiger partial charge in [0, 0.05) is 17.7 Å². The Labute approximate surface area is 125 Å². The predicted molar refractivity (Wildman–Crippen MR) is 76.9 cm³/mol. The maximum absolute atomic E-state index is 12.2. The van der Waals surface area contributed by atoms with E-state index in [9.17, 15) is 4.79 Å². The van der Waals surface area contributed by atoms with Crippen molar-refractivity contribution in [3.63, 3.8) is 0 Å². The first-order valence-electron chi connectivity index (χ1n) is 6.02. The fourth-order valence-electron chi connectivity index (χ4n) is 2.25. The van der Waals surface area contributed by atoms with E-state index in [2.05, 4.69) is 20.6 Å². The maximum atomic E-state index is 12.2. The quantitative estimate of drug-likeness (QED) is 0.611. The molecule has 0 fully saturated rings. The average Bonchev–Trinajstić information content (AvgIpc) is 2.35. The fraction of sp³-hybridized carbons (Fsp3) is 0.417. The van der Waals surface area contributed by atoms with Gasteiger partial charge in [0.1, 0.15) is 10.7 Å². The number of rotatable bonds is 1. The number of fused-ring (bicyclic) bond motifs is 1. The van der Waals surface area contributed by atoms with Crippen molar-refractivity contribution in [1.29, 1.82) is 0 Å². The summed E-state index contributed by atoms with van der Waals surface area (Å²) < 4.78 is 5.22. The Balaban J connectivity index is 2.06. The second kappa shape index (κ2) is 4.53. The molecule has 2 N–H and O–H groups in total. The lowest BCUT2D eigenvalue weighted by Crippen LogP contribution is -2.48. The van der Waals surface area contributed by atoms with E-state index >= 15 is 0 Å². The minimum Gasteiger partial charge on any atom is -0.479 e. The third kappa shape index (κ3) is 2.20. The van der Waals surface area contributed by atoms with Gasteiger partial charge in [-0.2, -0.15) is 4.98 Å². The van der Waals surface area contributed by atoms with Crippen molar-refractivity contribution >= 4 is 35.0 Å². The summed E-state index contributed by atoms with van der Waals surface area (Å²) in [6.45, 7) is 3.96. The molecule has 106 valence electrons. The van der Waals surface area contributed by atoms with E-state index in [-0.39, 0.29) is 16.7 Å². The molecule has 8 heteroatoms. The van der Waals surface area contributed by atoms with Crippen LogP contribution in [0.2, 0.25) is 5.28 Å². The highest BCUT2D eigenvalue weighted by Gasteiger charge is 2.37. The molecule has 0 radical (unpaired) electrons. The Bertz CT molecular complexity index is 645. The van der Waals surface area contributed by atoms with Crippen LogP contribution in [0.4, 0.5) is 5.69 Å². The summed E-state index contributed by atoms with van der Waals surface area (Å²) in [5.41, 5.74) is 1.23. The number of anilines is 1. The van der Waals surface area contributed by atoms with Crippen LogP contribution in [0.1, 0.15) is 20.3 Å². The van der Waals surface area contributed by atoms with Crippen molar-refractivity contribution in [3.05, 3.63) is 15.9 Å². The van der Waals surface area contributed by atoms with Gasteiger partial charge in [0.25, 0.3) is 5.91 Å². The lowest BCUT2D eigenvalue weighted by atomic mass is 9.94. The second-order valence-corrected chi connectivity index (χ2v) is 6.57. The van der Waals surface area contributed by atoms with Crippen LogP contribution in [0.15, 0.2) is 15.6 Å². The molecule has 3 heterocycles. The number of methoxy groups -OCH3 is 1. The van der Waals surface area contributed by atoms with Gasteiger partial charge in [-0.05, 0) is 25.4 Å². The highest BCUT2D eigenvalue weighted by Crippen LogP contribution is 2.45. The molecule has 6 nitrogen and oxygen atoms in total. The molecule has 2 aliphatic rings. The SMILES string of the molecule is COc1nc(Cl)nc2c1NC1=C(S2)C(=O)NC(C)(C)C1. The number of ether oxygens (including phenoxy) is 1. The molecule has 2 aliphatic heterocycles. The van der Waals surface area contributed by atoms with Crippen LogP contribution in [0.25, 0.3) is 0 Å². The van der Waals surface area contributed by atoms with Gasteiger partial charge in [-0.1, -0.05) is 11.8 Å². The molecule has 0 bridgehead atoms. The molecule has 3 rings (SSSR count). The van der Waals surface area contributed by atoms with Gasteiger partial charge in [0.05, 0.1) is 12.0 Å². The third-order valence-corrected chi connectivity index (χ3v) is 4.33. The number of carbonyl (C=O) groups excluding carboxylic acids is 1. The number of hydrogen-bond acceptors (Lipinski definition) is 6. The number of halogens is 1. The van der Waals surface area contributed by atoms with Crippen LogP contribution < -0.4 is 15.4 Å². The molecular formula is C12H13ClN4O2S. The van der Waals surface area contributed by atoms with Gasteiger partial charge in [-0.3, -0.25) is 4.79 Å². The molecule has 0 atom stereocenters. The van der Waals surface area contributed by atoms with Crippen molar-refractivity contribution in [3.8, 4) is 5.88 Å². The van der Waals surface area contributed by atoms with E-state index < -0.39 is 0 Å². The monoisotopic (exact) mass is 312 g/mol. The first-order valence-corrected chi connectivity index (χ1v) is 7.21. The number of aromatic nitrogens is 2. The molecule has 1 aromatic rings. The number of hydrogen-bond donors (Lipinski definition) is 2. The predicted octanol–water partition coefficient (Wildman–Crippen LogP) is 2.17. The maximum Gasteiger partial charge on any atom is 0.260 e. The normalized spacial score (nSPS) is 19.7. The van der Waals surface area contributed by atoms with Crippen LogP contribution >= 0.6 is 23.4 Å². The lowest BCUT2D eigenvalue weighted by Gasteiger charge is -2.36. The zero-order valence-electron chi connectivity index (χ0n) is 11.2. The molecule has 0 unspecified atom stereocenters. The zero-order valence-corrected chi connectivity index (χ0v) is 12.8. The van der Waals surface area contributed by atoms with Gasteiger partial charge >= 0.3 is 0 Å². The number of amides is 1. The van der Waals surface area contributed by atoms with Gasteiger partial charge in [0.15, 0.2) is 0 Å². The molecule has 20 heavy (non-hydrogen) atoms. The summed E-state index contributed by atoms with van der Waals surface area (Å²) in [4.78, 5) is 21.0. The lowest BCUT2D eigenvalue weighted by molar-refractivity contribution is -0.118. The minimum atomic E-state index is -0.290. The Morgan fingerprint density at radius 1 is 1.40 bits per heavy atom. The molecule has 1 amide bonds. The molecule has 0 aromatic carbocycles. The molecule has 0 aliphatic carbocycles. The topological polar surface area (TPSA) is 76.1 Å². The summed E-state index contributed by atoms with van der Waals surface area (Å²) in [7, 11) is 1.52. The van der Waals surface area contributed by atoms with Crippen molar-refractivity contribution in [2.24, 2.45) is 0 Å². The summed E-state index contributed by atoms with van der Waals surface area (Å²) in [5, 5.41) is 6.87.